The molecule has 0 aliphatic rings. The molecule has 124 valence electrons. The van der Waals surface area contributed by atoms with Crippen LogP contribution in [0.5, 0.6) is 0 Å². The number of anilines is 1. The van der Waals surface area contributed by atoms with Crippen LogP contribution in [-0.2, 0) is 0 Å². The Morgan fingerprint density at radius 3 is 2.57 bits per heavy atom. The lowest BCUT2D eigenvalue weighted by Gasteiger charge is -2.16. The third-order valence-corrected chi connectivity index (χ3v) is 3.91. The number of nitrogens with zero attached hydrogens (tertiary/aromatic N) is 1. The number of aliphatic hydroxyl groups is 1. The number of hydrogen-bond donors (Lipinski definition) is 3. The van der Waals surface area contributed by atoms with E-state index in [-0.39, 0.29) is 10.4 Å². The average Bonchev–Trinajstić information content (AvgIpc) is 2.98. The van der Waals surface area contributed by atoms with Gasteiger partial charge < -0.3 is 15.7 Å². The monoisotopic (exact) mass is 345 g/mol. The number of aromatic nitrogens is 1. The average molecular weight is 345 g/mol. The Balaban J connectivity index is 2.16. The Kier molecular flexibility index (Phi) is 5.56. The Morgan fingerprint density at radius 1 is 1.35 bits per heavy atom. The number of rotatable bonds is 6. The highest BCUT2D eigenvalue weighted by molar-refractivity contribution is 7.17. The maximum absolute atomic E-state index is 13.3. The second-order valence-electron chi connectivity index (χ2n) is 4.57. The molecule has 2 aromatic rings. The number of amides is 1. The molecule has 0 bridgehead atoms. The fourth-order valence-corrected chi connectivity index (χ4v) is 2.64. The fraction of sp³-hybridized carbons (Fsp3) is 0.286. The summed E-state index contributed by atoms with van der Waals surface area (Å²) in [4.78, 5) is 16.4. The highest BCUT2D eigenvalue weighted by atomic mass is 32.1. The molecule has 2 rings (SSSR count). The quantitative estimate of drug-likeness (QED) is 0.703. The Morgan fingerprint density at radius 2 is 2.00 bits per heavy atom. The summed E-state index contributed by atoms with van der Waals surface area (Å²) in [6.45, 7) is 1.91. The first-order valence-electron chi connectivity index (χ1n) is 6.72. The fourth-order valence-electron chi connectivity index (χ4n) is 1.85. The van der Waals surface area contributed by atoms with E-state index in [2.05, 4.69) is 15.6 Å². The van der Waals surface area contributed by atoms with Gasteiger partial charge in [-0.25, -0.2) is 18.2 Å². The van der Waals surface area contributed by atoms with Crippen molar-refractivity contribution in [2.45, 2.75) is 13.0 Å². The van der Waals surface area contributed by atoms with Crippen molar-refractivity contribution in [3.05, 3.63) is 46.2 Å². The minimum atomic E-state index is -1.60. The van der Waals surface area contributed by atoms with Gasteiger partial charge in [-0.3, -0.25) is 4.79 Å². The van der Waals surface area contributed by atoms with Crippen molar-refractivity contribution in [2.75, 3.05) is 18.5 Å². The Hall–Kier alpha value is -2.13. The number of aliphatic hydroxyl groups excluding tert-OH is 1. The molecular formula is C14H14F3N3O2S. The van der Waals surface area contributed by atoms with Crippen LogP contribution in [0.25, 0.3) is 0 Å². The SMILES string of the molecule is CCNc1ncc(C(=O)NC(CO)c2cc(F)c(F)c(F)c2)s1. The zero-order chi connectivity index (χ0) is 17.0. The smallest absolute Gasteiger partial charge is 0.263 e. The largest absolute Gasteiger partial charge is 0.394 e. The van der Waals surface area contributed by atoms with Crippen LogP contribution in [0.4, 0.5) is 18.3 Å². The lowest BCUT2D eigenvalue weighted by molar-refractivity contribution is 0.0919. The molecule has 0 spiro atoms. The van der Waals surface area contributed by atoms with Crippen LogP contribution in [0.15, 0.2) is 18.3 Å². The number of carbonyl (C=O) groups is 1. The third-order valence-electron chi connectivity index (χ3n) is 2.95. The number of carbonyl (C=O) groups excluding carboxylic acids is 1. The van der Waals surface area contributed by atoms with Gasteiger partial charge in [0.1, 0.15) is 4.88 Å². The molecule has 0 aliphatic heterocycles. The van der Waals surface area contributed by atoms with Crippen molar-refractivity contribution < 1.29 is 23.1 Å². The third kappa shape index (κ3) is 3.99. The lowest BCUT2D eigenvalue weighted by Crippen LogP contribution is -2.30. The molecule has 1 unspecified atom stereocenters. The minimum Gasteiger partial charge on any atom is -0.394 e. The molecule has 1 aromatic heterocycles. The van der Waals surface area contributed by atoms with Crippen molar-refractivity contribution in [1.29, 1.82) is 0 Å². The molecule has 1 aromatic carbocycles. The summed E-state index contributed by atoms with van der Waals surface area (Å²) in [5.74, 6) is -4.94. The summed E-state index contributed by atoms with van der Waals surface area (Å²) >= 11 is 1.10. The van der Waals surface area contributed by atoms with Crippen molar-refractivity contribution in [1.82, 2.24) is 10.3 Å². The van der Waals surface area contributed by atoms with Gasteiger partial charge in [-0.15, -0.1) is 0 Å². The summed E-state index contributed by atoms with van der Waals surface area (Å²) in [5, 5.41) is 15.3. The molecule has 1 atom stereocenters. The van der Waals surface area contributed by atoms with Crippen LogP contribution >= 0.6 is 11.3 Å². The van der Waals surface area contributed by atoms with Gasteiger partial charge in [-0.05, 0) is 24.6 Å². The number of hydrogen-bond acceptors (Lipinski definition) is 5. The van der Waals surface area contributed by atoms with Crippen LogP contribution in [0.1, 0.15) is 28.2 Å². The van der Waals surface area contributed by atoms with Crippen molar-refractivity contribution >= 4 is 22.4 Å². The van der Waals surface area contributed by atoms with Crippen molar-refractivity contribution in [2.24, 2.45) is 0 Å². The summed E-state index contributed by atoms with van der Waals surface area (Å²) in [6, 6.07) is 0.392. The summed E-state index contributed by atoms with van der Waals surface area (Å²) in [7, 11) is 0. The van der Waals surface area contributed by atoms with Crippen LogP contribution in [0.2, 0.25) is 0 Å². The second-order valence-corrected chi connectivity index (χ2v) is 5.60. The minimum absolute atomic E-state index is 0.0753. The van der Waals surface area contributed by atoms with Gasteiger partial charge in [0.25, 0.3) is 5.91 Å². The lowest BCUT2D eigenvalue weighted by atomic mass is 10.1. The van der Waals surface area contributed by atoms with E-state index in [0.29, 0.717) is 11.7 Å². The molecule has 0 fully saturated rings. The molecular weight excluding hydrogens is 331 g/mol. The van der Waals surface area contributed by atoms with E-state index in [9.17, 15) is 23.1 Å². The van der Waals surface area contributed by atoms with Gasteiger partial charge in [0.05, 0.1) is 18.8 Å². The van der Waals surface area contributed by atoms with E-state index in [4.69, 9.17) is 0 Å². The molecule has 9 heteroatoms. The predicted molar refractivity (Wildman–Crippen MR) is 79.9 cm³/mol. The topological polar surface area (TPSA) is 74.2 Å². The van der Waals surface area contributed by atoms with E-state index in [1.807, 2.05) is 6.92 Å². The molecule has 3 N–H and O–H groups in total. The molecule has 23 heavy (non-hydrogen) atoms. The van der Waals surface area contributed by atoms with Gasteiger partial charge in [-0.1, -0.05) is 11.3 Å². The molecule has 1 amide bonds. The zero-order valence-corrected chi connectivity index (χ0v) is 12.9. The van der Waals surface area contributed by atoms with Crippen molar-refractivity contribution in [3.63, 3.8) is 0 Å². The van der Waals surface area contributed by atoms with E-state index >= 15 is 0 Å². The summed E-state index contributed by atoms with van der Waals surface area (Å²) < 4.78 is 39.5. The Bertz CT molecular complexity index is 685. The zero-order valence-electron chi connectivity index (χ0n) is 12.1. The number of thiazole rings is 1. The second kappa shape index (κ2) is 7.42. The molecule has 0 saturated carbocycles. The molecule has 0 saturated heterocycles. The maximum atomic E-state index is 13.3. The van der Waals surface area contributed by atoms with Crippen LogP contribution in [0, 0.1) is 17.5 Å². The molecule has 1 heterocycles. The van der Waals surface area contributed by atoms with Crippen LogP contribution in [0.3, 0.4) is 0 Å². The van der Waals surface area contributed by atoms with E-state index < -0.39 is 36.0 Å². The Labute approximate surface area is 134 Å². The van der Waals surface area contributed by atoms with Crippen LogP contribution in [-0.4, -0.2) is 29.1 Å². The van der Waals surface area contributed by atoms with Gasteiger partial charge in [-0.2, -0.15) is 0 Å². The number of halogens is 3. The highest BCUT2D eigenvalue weighted by Crippen LogP contribution is 2.22. The van der Waals surface area contributed by atoms with E-state index in [0.717, 1.165) is 23.5 Å². The summed E-state index contributed by atoms with van der Waals surface area (Å²) in [5.41, 5.74) is -0.0753. The maximum Gasteiger partial charge on any atom is 0.263 e. The molecule has 5 nitrogen and oxygen atoms in total. The van der Waals surface area contributed by atoms with Gasteiger partial charge in [0.15, 0.2) is 22.6 Å². The van der Waals surface area contributed by atoms with Crippen molar-refractivity contribution in [3.8, 4) is 0 Å². The molecule has 0 aliphatic carbocycles. The summed E-state index contributed by atoms with van der Waals surface area (Å²) in [6.07, 6.45) is 1.35. The first-order valence-corrected chi connectivity index (χ1v) is 7.53. The van der Waals surface area contributed by atoms with E-state index in [1.165, 1.54) is 6.20 Å². The number of benzene rings is 1. The first-order chi connectivity index (χ1) is 11.0. The van der Waals surface area contributed by atoms with Gasteiger partial charge >= 0.3 is 0 Å². The predicted octanol–water partition coefficient (Wildman–Crippen LogP) is 2.46. The number of nitrogens with one attached hydrogen (secondary N) is 2. The normalized spacial score (nSPS) is 12.0. The van der Waals surface area contributed by atoms with Crippen LogP contribution < -0.4 is 10.6 Å². The highest BCUT2D eigenvalue weighted by Gasteiger charge is 2.20. The van der Waals surface area contributed by atoms with Gasteiger partial charge in [0, 0.05) is 6.54 Å². The van der Waals surface area contributed by atoms with Gasteiger partial charge in [0.2, 0.25) is 0 Å². The molecule has 0 radical (unpaired) electrons. The standard InChI is InChI=1S/C14H14F3N3O2S/c1-2-18-14-19-5-11(23-14)13(22)20-10(6-21)7-3-8(15)12(17)9(16)4-7/h3-5,10,21H,2,6H2,1H3,(H,18,19)(H,20,22). The first kappa shape index (κ1) is 17.2. The van der Waals surface area contributed by atoms with E-state index in [1.54, 1.807) is 0 Å².